The quantitative estimate of drug-likeness (QED) is 0.650. The van der Waals surface area contributed by atoms with E-state index in [4.69, 9.17) is 0 Å². The first-order chi connectivity index (χ1) is 13.0. The lowest BCUT2D eigenvalue weighted by molar-refractivity contribution is 0.592. The van der Waals surface area contributed by atoms with Crippen LogP contribution in [0.15, 0.2) is 83.8 Å². The fraction of sp³-hybridized carbons (Fsp3) is 0.130. The van der Waals surface area contributed by atoms with Gasteiger partial charge in [-0.1, -0.05) is 66.2 Å². The molecule has 0 atom stereocenters. The van der Waals surface area contributed by atoms with Crippen LogP contribution in [0.5, 0.6) is 0 Å². The van der Waals surface area contributed by atoms with Crippen LogP contribution in [0.25, 0.3) is 5.57 Å². The molecule has 3 nitrogen and oxygen atoms in total. The molecule has 0 N–H and O–H groups in total. The van der Waals surface area contributed by atoms with Crippen molar-refractivity contribution in [3.05, 3.63) is 101 Å². The predicted octanol–water partition coefficient (Wildman–Crippen LogP) is 4.94. The van der Waals surface area contributed by atoms with E-state index in [1.54, 1.807) is 12.1 Å². The summed E-state index contributed by atoms with van der Waals surface area (Å²) >= 11 is 0. The minimum absolute atomic E-state index is 0.316. The van der Waals surface area contributed by atoms with Crippen LogP contribution >= 0.6 is 0 Å². The molecule has 136 valence electrons. The molecular weight excluding hydrogens is 354 g/mol. The Morgan fingerprint density at radius 1 is 0.815 bits per heavy atom. The number of benzene rings is 3. The molecule has 1 heterocycles. The van der Waals surface area contributed by atoms with E-state index < -0.39 is 10.0 Å². The van der Waals surface area contributed by atoms with Crippen LogP contribution in [0.1, 0.15) is 22.3 Å². The maximum atomic E-state index is 13.3. The summed E-state index contributed by atoms with van der Waals surface area (Å²) in [5.41, 5.74) is 5.91. The number of anilines is 1. The molecule has 4 heteroatoms. The van der Waals surface area contributed by atoms with E-state index in [9.17, 15) is 8.42 Å². The van der Waals surface area contributed by atoms with Gasteiger partial charge >= 0.3 is 0 Å². The van der Waals surface area contributed by atoms with Crippen molar-refractivity contribution in [3.8, 4) is 0 Å². The summed E-state index contributed by atoms with van der Waals surface area (Å²) in [5, 5.41) is 0. The number of hydrogen-bond acceptors (Lipinski definition) is 2. The molecule has 27 heavy (non-hydrogen) atoms. The lowest BCUT2D eigenvalue weighted by Crippen LogP contribution is -2.34. The molecule has 1 aliphatic rings. The third kappa shape index (κ3) is 3.17. The Hall–Kier alpha value is -2.85. The van der Waals surface area contributed by atoms with Gasteiger partial charge in [0, 0.05) is 5.56 Å². The van der Waals surface area contributed by atoms with Crippen molar-refractivity contribution in [1.82, 2.24) is 0 Å². The SMILES string of the molecule is Cc1ccc(S(=O)(=O)N2CC=C(c3ccccc3)c3ccc(C)cc32)cc1. The highest BCUT2D eigenvalue weighted by atomic mass is 32.2. The summed E-state index contributed by atoms with van der Waals surface area (Å²) in [5.74, 6) is 0. The summed E-state index contributed by atoms with van der Waals surface area (Å²) in [6.07, 6.45) is 2.00. The van der Waals surface area contributed by atoms with E-state index in [1.807, 2.05) is 68.5 Å². The Kier molecular flexibility index (Phi) is 4.36. The summed E-state index contributed by atoms with van der Waals surface area (Å²) in [6.45, 7) is 4.25. The van der Waals surface area contributed by atoms with Crippen LogP contribution in [-0.4, -0.2) is 15.0 Å². The minimum Gasteiger partial charge on any atom is -0.262 e. The Bertz CT molecular complexity index is 1110. The molecular formula is C23H21NO2S. The van der Waals surface area contributed by atoms with Crippen LogP contribution in [0, 0.1) is 13.8 Å². The van der Waals surface area contributed by atoms with Crippen molar-refractivity contribution in [1.29, 1.82) is 0 Å². The average molecular weight is 375 g/mol. The second kappa shape index (κ2) is 6.71. The smallest absolute Gasteiger partial charge is 0.262 e. The second-order valence-electron chi connectivity index (χ2n) is 6.85. The fourth-order valence-electron chi connectivity index (χ4n) is 3.41. The molecule has 0 aliphatic carbocycles. The highest BCUT2D eigenvalue weighted by Crippen LogP contribution is 2.38. The van der Waals surface area contributed by atoms with E-state index in [-0.39, 0.29) is 0 Å². The van der Waals surface area contributed by atoms with Crippen molar-refractivity contribution >= 4 is 21.3 Å². The van der Waals surface area contributed by atoms with Gasteiger partial charge in [-0.3, -0.25) is 4.31 Å². The molecule has 0 amide bonds. The number of hydrogen-bond donors (Lipinski definition) is 0. The van der Waals surface area contributed by atoms with Gasteiger partial charge in [0.05, 0.1) is 17.1 Å². The Morgan fingerprint density at radius 3 is 2.19 bits per heavy atom. The topological polar surface area (TPSA) is 37.4 Å². The van der Waals surface area contributed by atoms with Gasteiger partial charge in [0.25, 0.3) is 10.0 Å². The van der Waals surface area contributed by atoms with Crippen LogP contribution < -0.4 is 4.31 Å². The number of aryl methyl sites for hydroxylation is 2. The lowest BCUT2D eigenvalue weighted by Gasteiger charge is -2.31. The van der Waals surface area contributed by atoms with E-state index in [0.717, 1.165) is 33.5 Å². The van der Waals surface area contributed by atoms with E-state index in [1.165, 1.54) is 4.31 Å². The summed E-state index contributed by atoms with van der Waals surface area (Å²) in [6, 6.07) is 23.1. The zero-order valence-corrected chi connectivity index (χ0v) is 16.2. The second-order valence-corrected chi connectivity index (χ2v) is 8.72. The van der Waals surface area contributed by atoms with Gasteiger partial charge in [0.2, 0.25) is 0 Å². The minimum atomic E-state index is -3.63. The first kappa shape index (κ1) is 17.6. The third-order valence-corrected chi connectivity index (χ3v) is 6.66. The predicted molar refractivity (Wildman–Crippen MR) is 110 cm³/mol. The van der Waals surface area contributed by atoms with Gasteiger partial charge in [0.15, 0.2) is 0 Å². The standard InChI is InChI=1S/C23H21NO2S/c1-17-8-11-20(12-9-17)27(25,26)24-15-14-21(19-6-4-3-5-7-19)22-13-10-18(2)16-23(22)24/h3-14,16H,15H2,1-2H3. The largest absolute Gasteiger partial charge is 0.264 e. The molecule has 0 spiro atoms. The van der Waals surface area contributed by atoms with Crippen LogP contribution in [0.2, 0.25) is 0 Å². The maximum Gasteiger partial charge on any atom is 0.264 e. The monoisotopic (exact) mass is 375 g/mol. The zero-order chi connectivity index (χ0) is 19.0. The highest BCUT2D eigenvalue weighted by molar-refractivity contribution is 7.92. The van der Waals surface area contributed by atoms with Crippen molar-refractivity contribution in [2.24, 2.45) is 0 Å². The van der Waals surface area contributed by atoms with E-state index in [2.05, 4.69) is 12.1 Å². The van der Waals surface area contributed by atoms with Crippen molar-refractivity contribution < 1.29 is 8.42 Å². The van der Waals surface area contributed by atoms with Gasteiger partial charge in [-0.05, 0) is 48.7 Å². The molecule has 0 saturated heterocycles. The van der Waals surface area contributed by atoms with Crippen molar-refractivity contribution in [2.75, 3.05) is 10.8 Å². The summed E-state index contributed by atoms with van der Waals surface area (Å²) < 4.78 is 28.1. The summed E-state index contributed by atoms with van der Waals surface area (Å²) in [7, 11) is -3.63. The number of rotatable bonds is 3. The van der Waals surface area contributed by atoms with Gasteiger partial charge in [-0.25, -0.2) is 8.42 Å². The fourth-order valence-corrected chi connectivity index (χ4v) is 4.83. The van der Waals surface area contributed by atoms with Crippen molar-refractivity contribution in [2.45, 2.75) is 18.7 Å². The first-order valence-electron chi connectivity index (χ1n) is 8.93. The Balaban J connectivity index is 1.85. The van der Waals surface area contributed by atoms with Crippen molar-refractivity contribution in [3.63, 3.8) is 0 Å². The molecule has 0 radical (unpaired) electrons. The number of sulfonamides is 1. The normalized spacial score (nSPS) is 13.9. The molecule has 0 bridgehead atoms. The average Bonchev–Trinajstić information content (AvgIpc) is 2.68. The van der Waals surface area contributed by atoms with E-state index in [0.29, 0.717) is 11.4 Å². The number of nitrogens with zero attached hydrogens (tertiary/aromatic N) is 1. The highest BCUT2D eigenvalue weighted by Gasteiger charge is 2.30. The lowest BCUT2D eigenvalue weighted by atomic mass is 9.93. The molecule has 0 fully saturated rings. The van der Waals surface area contributed by atoms with Gasteiger partial charge in [-0.15, -0.1) is 0 Å². The zero-order valence-electron chi connectivity index (χ0n) is 15.4. The van der Waals surface area contributed by atoms with Gasteiger partial charge < -0.3 is 0 Å². The third-order valence-electron chi connectivity index (χ3n) is 4.87. The van der Waals surface area contributed by atoms with Crippen LogP contribution in [0.3, 0.4) is 0 Å². The molecule has 1 aliphatic heterocycles. The molecule has 3 aromatic carbocycles. The number of fused-ring (bicyclic) bond motifs is 1. The molecule has 4 rings (SSSR count). The summed E-state index contributed by atoms with van der Waals surface area (Å²) in [4.78, 5) is 0.317. The van der Waals surface area contributed by atoms with Crippen LogP contribution in [0.4, 0.5) is 5.69 Å². The molecule has 3 aromatic rings. The molecule has 0 unspecified atom stereocenters. The Morgan fingerprint density at radius 2 is 1.48 bits per heavy atom. The van der Waals surface area contributed by atoms with Gasteiger partial charge in [0.1, 0.15) is 0 Å². The first-order valence-corrected chi connectivity index (χ1v) is 10.4. The maximum absolute atomic E-state index is 13.3. The Labute approximate surface area is 160 Å². The molecule has 0 aromatic heterocycles. The van der Waals surface area contributed by atoms with Gasteiger partial charge in [-0.2, -0.15) is 0 Å². The molecule has 0 saturated carbocycles. The van der Waals surface area contributed by atoms with E-state index >= 15 is 0 Å². The van der Waals surface area contributed by atoms with Crippen LogP contribution in [-0.2, 0) is 10.0 Å².